The van der Waals surface area contributed by atoms with Crippen molar-refractivity contribution in [1.82, 2.24) is 5.32 Å². The van der Waals surface area contributed by atoms with Crippen LogP contribution in [0.2, 0.25) is 0 Å². The Balaban J connectivity index is 0.00000144. The molecule has 5 heteroatoms. The highest BCUT2D eigenvalue weighted by Crippen LogP contribution is 2.37. The fraction of sp³-hybridized carbons (Fsp3) is 0.417. The first-order valence-electron chi connectivity index (χ1n) is 5.21. The Labute approximate surface area is 106 Å². The van der Waals surface area contributed by atoms with Gasteiger partial charge in [0.2, 0.25) is 0 Å². The lowest BCUT2D eigenvalue weighted by Crippen LogP contribution is -2.46. The zero-order valence-electron chi connectivity index (χ0n) is 9.77. The van der Waals surface area contributed by atoms with Crippen LogP contribution in [-0.4, -0.2) is 17.8 Å². The topological polar surface area (TPSA) is 58.6 Å². The molecule has 1 amide bonds. The monoisotopic (exact) mass is 257 g/mol. The zero-order chi connectivity index (χ0) is 11.8. The number of phenols is 1. The SMILES string of the molecule is CC1(C)COC(=O)N[C@@H]1c1cccc(O)c1.Cl. The van der Waals surface area contributed by atoms with Crippen molar-refractivity contribution < 1.29 is 14.6 Å². The summed E-state index contributed by atoms with van der Waals surface area (Å²) in [7, 11) is 0. The van der Waals surface area contributed by atoms with Gasteiger partial charge in [0.15, 0.2) is 0 Å². The van der Waals surface area contributed by atoms with Crippen LogP contribution < -0.4 is 5.32 Å². The van der Waals surface area contributed by atoms with Crippen LogP contribution in [0, 0.1) is 5.41 Å². The Morgan fingerprint density at radius 2 is 2.18 bits per heavy atom. The van der Waals surface area contributed by atoms with Crippen LogP contribution in [0.25, 0.3) is 0 Å². The molecular formula is C12H16ClNO3. The van der Waals surface area contributed by atoms with Crippen LogP contribution in [0.3, 0.4) is 0 Å². The molecule has 0 unspecified atom stereocenters. The molecule has 1 aliphatic rings. The number of aromatic hydroxyl groups is 1. The Kier molecular flexibility index (Phi) is 3.88. The van der Waals surface area contributed by atoms with Crippen molar-refractivity contribution in [3.8, 4) is 5.75 Å². The van der Waals surface area contributed by atoms with Gasteiger partial charge >= 0.3 is 6.09 Å². The first-order chi connectivity index (χ1) is 7.49. The van der Waals surface area contributed by atoms with Gasteiger partial charge in [-0.25, -0.2) is 4.79 Å². The number of ether oxygens (including phenoxy) is 1. The molecule has 0 bridgehead atoms. The average molecular weight is 258 g/mol. The van der Waals surface area contributed by atoms with E-state index in [4.69, 9.17) is 4.74 Å². The molecule has 2 rings (SSSR count). The maximum absolute atomic E-state index is 11.2. The van der Waals surface area contributed by atoms with Gasteiger partial charge in [-0.15, -0.1) is 12.4 Å². The van der Waals surface area contributed by atoms with E-state index < -0.39 is 6.09 Å². The largest absolute Gasteiger partial charge is 0.508 e. The van der Waals surface area contributed by atoms with E-state index in [9.17, 15) is 9.90 Å². The van der Waals surface area contributed by atoms with Crippen LogP contribution in [-0.2, 0) is 4.74 Å². The molecule has 4 nitrogen and oxygen atoms in total. The lowest BCUT2D eigenvalue weighted by Gasteiger charge is -2.38. The third kappa shape index (κ3) is 2.82. The molecule has 0 radical (unpaired) electrons. The van der Waals surface area contributed by atoms with E-state index in [1.54, 1.807) is 18.2 Å². The van der Waals surface area contributed by atoms with Crippen molar-refractivity contribution in [2.75, 3.05) is 6.61 Å². The van der Waals surface area contributed by atoms with Crippen molar-refractivity contribution >= 4 is 18.5 Å². The Morgan fingerprint density at radius 1 is 1.47 bits per heavy atom. The predicted octanol–water partition coefficient (Wildman–Crippen LogP) is 2.62. The van der Waals surface area contributed by atoms with Gasteiger partial charge in [0, 0.05) is 5.41 Å². The molecule has 1 aliphatic heterocycles. The van der Waals surface area contributed by atoms with Gasteiger partial charge in [0.1, 0.15) is 12.4 Å². The number of hydrogen-bond acceptors (Lipinski definition) is 3. The van der Waals surface area contributed by atoms with E-state index in [1.165, 1.54) is 0 Å². The molecule has 0 aromatic heterocycles. The Bertz CT molecular complexity index is 420. The van der Waals surface area contributed by atoms with Gasteiger partial charge in [-0.1, -0.05) is 26.0 Å². The molecule has 1 fully saturated rings. The number of halogens is 1. The molecule has 17 heavy (non-hydrogen) atoms. The first-order valence-corrected chi connectivity index (χ1v) is 5.21. The highest BCUT2D eigenvalue weighted by molar-refractivity contribution is 5.85. The van der Waals surface area contributed by atoms with E-state index in [0.29, 0.717) is 6.61 Å². The third-order valence-corrected chi connectivity index (χ3v) is 2.82. The predicted molar refractivity (Wildman–Crippen MR) is 66.4 cm³/mol. The maximum atomic E-state index is 11.2. The average Bonchev–Trinajstić information content (AvgIpc) is 2.22. The lowest BCUT2D eigenvalue weighted by molar-refractivity contribution is 0.0387. The minimum absolute atomic E-state index is 0. The molecule has 1 aromatic rings. The highest BCUT2D eigenvalue weighted by atomic mass is 35.5. The summed E-state index contributed by atoms with van der Waals surface area (Å²) in [5, 5.41) is 12.2. The van der Waals surface area contributed by atoms with Gasteiger partial charge < -0.3 is 15.2 Å². The standard InChI is InChI=1S/C12H15NO3.ClH/c1-12(2)7-16-11(15)13-10(12)8-4-3-5-9(14)6-8;/h3-6,10,14H,7H2,1-2H3,(H,13,15);1H/t10-;/m1./s1. The fourth-order valence-corrected chi connectivity index (χ4v) is 1.93. The van der Waals surface area contributed by atoms with Crippen molar-refractivity contribution in [3.63, 3.8) is 0 Å². The summed E-state index contributed by atoms with van der Waals surface area (Å²) >= 11 is 0. The number of cyclic esters (lactones) is 1. The van der Waals surface area contributed by atoms with Crippen molar-refractivity contribution in [2.45, 2.75) is 19.9 Å². The van der Waals surface area contributed by atoms with Crippen LogP contribution in [0.4, 0.5) is 4.79 Å². The van der Waals surface area contributed by atoms with E-state index in [2.05, 4.69) is 5.32 Å². The molecule has 2 N–H and O–H groups in total. The summed E-state index contributed by atoms with van der Waals surface area (Å²) in [5.41, 5.74) is 0.698. The normalized spacial score (nSPS) is 22.0. The number of hydrogen-bond donors (Lipinski definition) is 2. The van der Waals surface area contributed by atoms with Gasteiger partial charge in [0.25, 0.3) is 0 Å². The number of phenolic OH excluding ortho intramolecular Hbond substituents is 1. The molecule has 1 atom stereocenters. The Hall–Kier alpha value is -1.42. The van der Waals surface area contributed by atoms with Crippen molar-refractivity contribution in [3.05, 3.63) is 29.8 Å². The summed E-state index contributed by atoms with van der Waals surface area (Å²) in [6.07, 6.45) is -0.410. The van der Waals surface area contributed by atoms with E-state index in [-0.39, 0.29) is 29.6 Å². The van der Waals surface area contributed by atoms with Crippen LogP contribution in [0.15, 0.2) is 24.3 Å². The minimum atomic E-state index is -0.410. The number of carbonyl (C=O) groups is 1. The summed E-state index contributed by atoms with van der Waals surface area (Å²) < 4.78 is 4.96. The third-order valence-electron chi connectivity index (χ3n) is 2.82. The number of carbonyl (C=O) groups excluding carboxylic acids is 1. The minimum Gasteiger partial charge on any atom is -0.508 e. The second-order valence-electron chi connectivity index (χ2n) is 4.74. The number of rotatable bonds is 1. The molecule has 0 spiro atoms. The molecule has 0 saturated carbocycles. The molecule has 1 heterocycles. The van der Waals surface area contributed by atoms with Crippen LogP contribution in [0.5, 0.6) is 5.75 Å². The van der Waals surface area contributed by atoms with E-state index in [0.717, 1.165) is 5.56 Å². The van der Waals surface area contributed by atoms with Gasteiger partial charge in [-0.2, -0.15) is 0 Å². The maximum Gasteiger partial charge on any atom is 0.407 e. The summed E-state index contributed by atoms with van der Waals surface area (Å²) in [5.74, 6) is 0.203. The zero-order valence-corrected chi connectivity index (χ0v) is 10.6. The van der Waals surface area contributed by atoms with Gasteiger partial charge in [-0.05, 0) is 17.7 Å². The lowest BCUT2D eigenvalue weighted by atomic mass is 9.80. The van der Waals surface area contributed by atoms with E-state index >= 15 is 0 Å². The molecular weight excluding hydrogens is 242 g/mol. The van der Waals surface area contributed by atoms with E-state index in [1.807, 2.05) is 19.9 Å². The summed E-state index contributed by atoms with van der Waals surface area (Å²) in [6.45, 7) is 4.40. The number of benzene rings is 1. The van der Waals surface area contributed by atoms with Crippen LogP contribution in [0.1, 0.15) is 25.5 Å². The van der Waals surface area contributed by atoms with Gasteiger partial charge in [0.05, 0.1) is 6.04 Å². The van der Waals surface area contributed by atoms with Gasteiger partial charge in [-0.3, -0.25) is 0 Å². The second kappa shape index (κ2) is 4.84. The summed E-state index contributed by atoms with van der Waals surface area (Å²) in [6, 6.07) is 6.79. The smallest absolute Gasteiger partial charge is 0.407 e. The van der Waals surface area contributed by atoms with Crippen LogP contribution >= 0.6 is 12.4 Å². The number of alkyl carbamates (subject to hydrolysis) is 1. The quantitative estimate of drug-likeness (QED) is 0.813. The Morgan fingerprint density at radius 3 is 2.82 bits per heavy atom. The number of nitrogens with one attached hydrogen (secondary N) is 1. The van der Waals surface area contributed by atoms with Crippen molar-refractivity contribution in [1.29, 1.82) is 0 Å². The molecule has 1 aromatic carbocycles. The van der Waals surface area contributed by atoms with Crippen molar-refractivity contribution in [2.24, 2.45) is 5.41 Å². The molecule has 0 aliphatic carbocycles. The fourth-order valence-electron chi connectivity index (χ4n) is 1.93. The first kappa shape index (κ1) is 13.6. The summed E-state index contributed by atoms with van der Waals surface area (Å²) in [4.78, 5) is 11.2. The number of amides is 1. The molecule has 94 valence electrons. The molecule has 1 saturated heterocycles. The highest BCUT2D eigenvalue weighted by Gasteiger charge is 2.37. The second-order valence-corrected chi connectivity index (χ2v) is 4.74.